The van der Waals surface area contributed by atoms with Crippen molar-refractivity contribution < 1.29 is 13.5 Å². The average molecular weight is 298 g/mol. The minimum Gasteiger partial charge on any atom is -0.391 e. The zero-order valence-corrected chi connectivity index (χ0v) is 12.7. The minimum absolute atomic E-state index is 0.162. The van der Waals surface area contributed by atoms with Gasteiger partial charge in [-0.1, -0.05) is 12.1 Å². The van der Waals surface area contributed by atoms with Crippen LogP contribution in [0.15, 0.2) is 29.2 Å². The normalized spacial score (nSPS) is 17.2. The lowest BCUT2D eigenvalue weighted by molar-refractivity contribution is 0.164. The van der Waals surface area contributed by atoms with Crippen molar-refractivity contribution in [3.8, 4) is 0 Å². The van der Waals surface area contributed by atoms with Crippen LogP contribution in [-0.4, -0.2) is 32.2 Å². The molecule has 1 saturated carbocycles. The fourth-order valence-corrected chi connectivity index (χ4v) is 3.52. The molecule has 0 spiro atoms. The van der Waals surface area contributed by atoms with Gasteiger partial charge in [0.05, 0.1) is 11.8 Å². The molecule has 112 valence electrons. The second kappa shape index (κ2) is 6.11. The van der Waals surface area contributed by atoms with Gasteiger partial charge >= 0.3 is 0 Å². The van der Waals surface area contributed by atoms with Crippen LogP contribution in [0.4, 0.5) is 5.69 Å². The molecule has 1 aliphatic carbocycles. The predicted octanol–water partition coefficient (Wildman–Crippen LogP) is 1.56. The Morgan fingerprint density at radius 3 is 2.55 bits per heavy atom. The van der Waals surface area contributed by atoms with E-state index >= 15 is 0 Å². The number of benzene rings is 1. The van der Waals surface area contributed by atoms with E-state index in [-0.39, 0.29) is 10.9 Å². The molecule has 0 amide bonds. The number of aliphatic hydroxyl groups excluding tert-OH is 1. The first-order chi connectivity index (χ1) is 9.40. The summed E-state index contributed by atoms with van der Waals surface area (Å²) in [4.78, 5) is 0.219. The van der Waals surface area contributed by atoms with Gasteiger partial charge in [0.25, 0.3) is 0 Å². The summed E-state index contributed by atoms with van der Waals surface area (Å²) in [6, 6.07) is 6.59. The highest BCUT2D eigenvalue weighted by atomic mass is 32.2. The highest BCUT2D eigenvalue weighted by molar-refractivity contribution is 7.89. The van der Waals surface area contributed by atoms with Crippen LogP contribution in [0.2, 0.25) is 0 Å². The summed E-state index contributed by atoms with van der Waals surface area (Å²) in [5.41, 5.74) is 0.528. The quantitative estimate of drug-likeness (QED) is 0.714. The Morgan fingerprint density at radius 2 is 1.95 bits per heavy atom. The van der Waals surface area contributed by atoms with Crippen LogP contribution < -0.4 is 10.0 Å². The van der Waals surface area contributed by atoms with Crippen molar-refractivity contribution in [1.82, 2.24) is 4.72 Å². The molecule has 1 atom stereocenters. The first kappa shape index (κ1) is 15.3. The number of para-hydroxylation sites is 1. The van der Waals surface area contributed by atoms with Crippen molar-refractivity contribution in [1.29, 1.82) is 0 Å². The summed E-state index contributed by atoms with van der Waals surface area (Å²) in [6.07, 6.45) is 1.69. The van der Waals surface area contributed by atoms with Gasteiger partial charge in [-0.15, -0.1) is 0 Å². The van der Waals surface area contributed by atoms with E-state index in [1.54, 1.807) is 38.1 Å². The standard InChI is InChI=1S/C14H22N2O3S/c1-10(2)16-20(18,19)14-6-4-3-5-12(14)15-9-13(17)11-7-8-11/h3-6,10-11,13,15-17H,7-9H2,1-2H3. The molecule has 0 aromatic heterocycles. The fourth-order valence-electron chi connectivity index (χ4n) is 2.08. The van der Waals surface area contributed by atoms with E-state index in [2.05, 4.69) is 10.0 Å². The molecule has 1 aromatic rings. The van der Waals surface area contributed by atoms with Crippen LogP contribution in [0.1, 0.15) is 26.7 Å². The second-order valence-corrected chi connectivity index (χ2v) is 7.24. The number of sulfonamides is 1. The third-order valence-electron chi connectivity index (χ3n) is 3.24. The summed E-state index contributed by atoms with van der Waals surface area (Å²) in [5, 5.41) is 12.9. The Balaban J connectivity index is 2.12. The minimum atomic E-state index is -3.54. The highest BCUT2D eigenvalue weighted by Gasteiger charge is 2.29. The molecular weight excluding hydrogens is 276 g/mol. The topological polar surface area (TPSA) is 78.4 Å². The van der Waals surface area contributed by atoms with E-state index in [1.165, 1.54) is 0 Å². The molecule has 2 rings (SSSR count). The maximum atomic E-state index is 12.2. The number of aliphatic hydroxyl groups is 1. The van der Waals surface area contributed by atoms with E-state index in [1.807, 2.05) is 0 Å². The number of hydrogen-bond acceptors (Lipinski definition) is 4. The Bertz CT molecular complexity index is 553. The van der Waals surface area contributed by atoms with Gasteiger partial charge in [-0.2, -0.15) is 0 Å². The lowest BCUT2D eigenvalue weighted by Gasteiger charge is -2.16. The number of hydrogen-bond donors (Lipinski definition) is 3. The highest BCUT2D eigenvalue weighted by Crippen LogP contribution is 2.32. The monoisotopic (exact) mass is 298 g/mol. The van der Waals surface area contributed by atoms with Gasteiger partial charge in [0, 0.05) is 12.6 Å². The second-order valence-electron chi connectivity index (χ2n) is 5.56. The SMILES string of the molecule is CC(C)NS(=O)(=O)c1ccccc1NCC(O)C1CC1. The van der Waals surface area contributed by atoms with Crippen LogP contribution in [0.5, 0.6) is 0 Å². The molecule has 5 nitrogen and oxygen atoms in total. The molecule has 0 saturated heterocycles. The van der Waals surface area contributed by atoms with E-state index < -0.39 is 16.1 Å². The van der Waals surface area contributed by atoms with Gasteiger partial charge in [-0.25, -0.2) is 13.1 Å². The molecular formula is C14H22N2O3S. The van der Waals surface area contributed by atoms with Gasteiger partial charge in [0.2, 0.25) is 10.0 Å². The first-order valence-corrected chi connectivity index (χ1v) is 8.42. The van der Waals surface area contributed by atoms with Crippen molar-refractivity contribution in [2.75, 3.05) is 11.9 Å². The Kier molecular flexibility index (Phi) is 4.67. The molecule has 1 aliphatic rings. The van der Waals surface area contributed by atoms with Crippen LogP contribution in [-0.2, 0) is 10.0 Å². The van der Waals surface area contributed by atoms with Crippen LogP contribution >= 0.6 is 0 Å². The molecule has 0 aliphatic heterocycles. The van der Waals surface area contributed by atoms with Gasteiger partial charge in [-0.3, -0.25) is 0 Å². The van der Waals surface area contributed by atoms with E-state index in [0.29, 0.717) is 18.2 Å². The molecule has 1 aromatic carbocycles. The summed E-state index contributed by atoms with van der Waals surface area (Å²) >= 11 is 0. The predicted molar refractivity (Wildman–Crippen MR) is 79.1 cm³/mol. The Morgan fingerprint density at radius 1 is 1.30 bits per heavy atom. The molecule has 0 heterocycles. The molecule has 3 N–H and O–H groups in total. The third kappa shape index (κ3) is 3.94. The van der Waals surface area contributed by atoms with Crippen molar-refractivity contribution in [2.24, 2.45) is 5.92 Å². The zero-order chi connectivity index (χ0) is 14.8. The summed E-state index contributed by atoms with van der Waals surface area (Å²) in [5.74, 6) is 0.361. The summed E-state index contributed by atoms with van der Waals surface area (Å²) < 4.78 is 27.0. The lowest BCUT2D eigenvalue weighted by Crippen LogP contribution is -2.31. The van der Waals surface area contributed by atoms with E-state index in [9.17, 15) is 13.5 Å². The molecule has 0 bridgehead atoms. The fraction of sp³-hybridized carbons (Fsp3) is 0.571. The molecule has 1 unspecified atom stereocenters. The maximum absolute atomic E-state index is 12.2. The van der Waals surface area contributed by atoms with Crippen LogP contribution in [0.25, 0.3) is 0 Å². The molecule has 0 radical (unpaired) electrons. The molecule has 1 fully saturated rings. The number of anilines is 1. The van der Waals surface area contributed by atoms with E-state index in [4.69, 9.17) is 0 Å². The van der Waals surface area contributed by atoms with Crippen molar-refractivity contribution in [3.63, 3.8) is 0 Å². The van der Waals surface area contributed by atoms with Gasteiger partial charge in [0.1, 0.15) is 4.90 Å². The largest absolute Gasteiger partial charge is 0.391 e. The average Bonchev–Trinajstić information content (AvgIpc) is 3.19. The number of nitrogens with one attached hydrogen (secondary N) is 2. The maximum Gasteiger partial charge on any atom is 0.242 e. The van der Waals surface area contributed by atoms with Crippen LogP contribution in [0.3, 0.4) is 0 Å². The third-order valence-corrected chi connectivity index (χ3v) is 4.95. The number of rotatable bonds is 7. The Labute approximate surface area is 120 Å². The van der Waals surface area contributed by atoms with Gasteiger partial charge < -0.3 is 10.4 Å². The van der Waals surface area contributed by atoms with Crippen molar-refractivity contribution >= 4 is 15.7 Å². The Hall–Kier alpha value is -1.11. The van der Waals surface area contributed by atoms with Crippen LogP contribution in [0, 0.1) is 5.92 Å². The summed E-state index contributed by atoms with van der Waals surface area (Å²) in [7, 11) is -3.54. The van der Waals surface area contributed by atoms with Gasteiger partial charge in [-0.05, 0) is 44.7 Å². The lowest BCUT2D eigenvalue weighted by atomic mass is 10.2. The van der Waals surface area contributed by atoms with Crippen molar-refractivity contribution in [2.45, 2.75) is 43.7 Å². The van der Waals surface area contributed by atoms with Crippen molar-refractivity contribution in [3.05, 3.63) is 24.3 Å². The van der Waals surface area contributed by atoms with E-state index in [0.717, 1.165) is 12.8 Å². The zero-order valence-electron chi connectivity index (χ0n) is 11.8. The summed E-state index contributed by atoms with van der Waals surface area (Å²) in [6.45, 7) is 3.94. The first-order valence-electron chi connectivity index (χ1n) is 6.93. The van der Waals surface area contributed by atoms with Gasteiger partial charge in [0.15, 0.2) is 0 Å². The molecule has 6 heteroatoms. The molecule has 20 heavy (non-hydrogen) atoms. The smallest absolute Gasteiger partial charge is 0.242 e.